The third-order valence-electron chi connectivity index (χ3n) is 4.36. The second kappa shape index (κ2) is 6.12. The zero-order chi connectivity index (χ0) is 16.7. The van der Waals surface area contributed by atoms with Crippen molar-refractivity contribution in [1.82, 2.24) is 25.9 Å². The fraction of sp³-hybridized carbons (Fsp3) is 0.400. The van der Waals surface area contributed by atoms with E-state index in [2.05, 4.69) is 21.0 Å². The minimum atomic E-state index is -0.428. The molecule has 1 aromatic heterocycles. The van der Waals surface area contributed by atoms with Crippen LogP contribution in [0.3, 0.4) is 0 Å². The van der Waals surface area contributed by atoms with Crippen LogP contribution in [-0.2, 0) is 4.79 Å². The van der Waals surface area contributed by atoms with E-state index in [1.54, 1.807) is 0 Å². The first-order chi connectivity index (χ1) is 11.6. The predicted octanol–water partition coefficient (Wildman–Crippen LogP) is 1.32. The molecule has 1 atom stereocenters. The van der Waals surface area contributed by atoms with E-state index >= 15 is 0 Å². The van der Waals surface area contributed by atoms with Gasteiger partial charge in [-0.1, -0.05) is 16.8 Å². The zero-order valence-electron chi connectivity index (χ0n) is 12.6. The molecule has 1 unspecified atom stereocenters. The van der Waals surface area contributed by atoms with Crippen LogP contribution in [0.5, 0.6) is 0 Å². The lowest BCUT2D eigenvalue weighted by Crippen LogP contribution is -2.39. The number of hydrogen-bond acceptors (Lipinski definition) is 6. The minimum Gasteiger partial charge on any atom is -0.339 e. The monoisotopic (exact) mass is 351 g/mol. The minimum absolute atomic E-state index is 0.0788. The van der Waals surface area contributed by atoms with E-state index in [9.17, 15) is 9.18 Å². The Morgan fingerprint density at radius 1 is 1.33 bits per heavy atom. The predicted molar refractivity (Wildman–Crippen MR) is 83.6 cm³/mol. The molecule has 0 saturated carbocycles. The van der Waals surface area contributed by atoms with Crippen LogP contribution in [-0.4, -0.2) is 46.6 Å². The molecule has 0 aliphatic carbocycles. The van der Waals surface area contributed by atoms with Gasteiger partial charge in [0.15, 0.2) is 0 Å². The third-order valence-corrected chi connectivity index (χ3v) is 4.68. The van der Waals surface area contributed by atoms with Crippen LogP contribution in [0.25, 0.3) is 11.4 Å². The number of carbonyl (C=O) groups excluding carboxylic acids is 1. The summed E-state index contributed by atoms with van der Waals surface area (Å²) in [5, 5.41) is 4.14. The van der Waals surface area contributed by atoms with E-state index in [-0.39, 0.29) is 22.9 Å². The quantitative estimate of drug-likeness (QED) is 0.868. The number of hydrogen-bond donors (Lipinski definition) is 2. The molecule has 0 radical (unpaired) electrons. The van der Waals surface area contributed by atoms with Crippen LogP contribution in [0.15, 0.2) is 22.7 Å². The molecule has 7 nitrogen and oxygen atoms in total. The van der Waals surface area contributed by atoms with Crippen LogP contribution in [0, 0.1) is 5.82 Å². The van der Waals surface area contributed by atoms with E-state index in [1.807, 2.05) is 4.90 Å². The lowest BCUT2D eigenvalue weighted by Gasteiger charge is -2.22. The van der Waals surface area contributed by atoms with E-state index < -0.39 is 5.82 Å². The summed E-state index contributed by atoms with van der Waals surface area (Å²) in [5.41, 5.74) is 6.54. The Hall–Kier alpha value is -2.03. The Kier molecular flexibility index (Phi) is 3.95. The van der Waals surface area contributed by atoms with Gasteiger partial charge in [-0.15, -0.1) is 0 Å². The van der Waals surface area contributed by atoms with E-state index in [0.717, 1.165) is 13.1 Å². The lowest BCUT2D eigenvalue weighted by molar-refractivity contribution is -0.129. The number of rotatable bonds is 3. The first-order valence-corrected chi connectivity index (χ1v) is 8.04. The molecule has 9 heteroatoms. The lowest BCUT2D eigenvalue weighted by atomic mass is 10.1. The van der Waals surface area contributed by atoms with Crippen LogP contribution in [0.1, 0.15) is 18.2 Å². The first kappa shape index (κ1) is 15.5. The molecule has 126 valence electrons. The number of benzene rings is 1. The summed E-state index contributed by atoms with van der Waals surface area (Å²) in [6.45, 7) is 1.99. The van der Waals surface area contributed by atoms with Gasteiger partial charge >= 0.3 is 0 Å². The van der Waals surface area contributed by atoms with E-state index in [1.165, 1.54) is 18.2 Å². The summed E-state index contributed by atoms with van der Waals surface area (Å²) >= 11 is 6.03. The number of aromatic nitrogens is 2. The topological polar surface area (TPSA) is 83.3 Å². The third kappa shape index (κ3) is 2.77. The standard InChI is InChI=1S/C15H15ClFN5O2/c16-12-4-9(17)1-2-11(12)14-20-15(24-21-14)8-3-13(23)22(7-8)10-5-18-19-6-10/h1-2,4,8,10,18-19H,3,5-7H2. The molecule has 2 aliphatic heterocycles. The van der Waals surface area contributed by atoms with Gasteiger partial charge in [-0.05, 0) is 18.2 Å². The number of carbonyl (C=O) groups is 1. The van der Waals surface area contributed by atoms with Crippen LogP contribution >= 0.6 is 11.6 Å². The van der Waals surface area contributed by atoms with Crippen molar-refractivity contribution in [3.05, 3.63) is 34.9 Å². The summed E-state index contributed by atoms with van der Waals surface area (Å²) in [7, 11) is 0. The Labute approximate surface area is 142 Å². The van der Waals surface area contributed by atoms with Crippen LogP contribution in [0.2, 0.25) is 5.02 Å². The van der Waals surface area contributed by atoms with Crippen molar-refractivity contribution in [2.24, 2.45) is 0 Å². The fourth-order valence-electron chi connectivity index (χ4n) is 3.10. The molecule has 2 fully saturated rings. The highest BCUT2D eigenvalue weighted by atomic mass is 35.5. The van der Waals surface area contributed by atoms with Gasteiger partial charge in [0, 0.05) is 31.6 Å². The van der Waals surface area contributed by atoms with Crippen molar-refractivity contribution in [2.75, 3.05) is 19.6 Å². The van der Waals surface area contributed by atoms with Crippen LogP contribution < -0.4 is 10.9 Å². The van der Waals surface area contributed by atoms with Crippen LogP contribution in [0.4, 0.5) is 4.39 Å². The molecule has 2 aliphatic rings. The molecule has 3 heterocycles. The second-order valence-corrected chi connectivity index (χ2v) is 6.35. The summed E-state index contributed by atoms with van der Waals surface area (Å²) in [6, 6.07) is 4.14. The number of amides is 1. The van der Waals surface area contributed by atoms with Crippen molar-refractivity contribution in [1.29, 1.82) is 0 Å². The molecule has 24 heavy (non-hydrogen) atoms. The van der Waals surface area contributed by atoms with Gasteiger partial charge < -0.3 is 9.42 Å². The summed E-state index contributed by atoms with van der Waals surface area (Å²) in [6.07, 6.45) is 0.343. The fourth-order valence-corrected chi connectivity index (χ4v) is 3.36. The Balaban J connectivity index is 1.54. The smallest absolute Gasteiger partial charge is 0.232 e. The average molecular weight is 352 g/mol. The SMILES string of the molecule is O=C1CC(c2nc(-c3ccc(F)cc3Cl)no2)CN1C1CNNC1. The van der Waals surface area contributed by atoms with Gasteiger partial charge in [-0.2, -0.15) is 4.98 Å². The molecule has 2 aromatic rings. The maximum atomic E-state index is 13.1. The van der Waals surface area contributed by atoms with Crippen molar-refractivity contribution >= 4 is 17.5 Å². The molecule has 2 N–H and O–H groups in total. The van der Waals surface area contributed by atoms with Gasteiger partial charge in [0.25, 0.3) is 0 Å². The number of hydrazine groups is 1. The maximum Gasteiger partial charge on any atom is 0.232 e. The Morgan fingerprint density at radius 2 is 2.12 bits per heavy atom. The van der Waals surface area contributed by atoms with Gasteiger partial charge in [0.1, 0.15) is 5.82 Å². The first-order valence-electron chi connectivity index (χ1n) is 7.66. The number of nitrogens with one attached hydrogen (secondary N) is 2. The van der Waals surface area contributed by atoms with Crippen molar-refractivity contribution in [3.63, 3.8) is 0 Å². The maximum absolute atomic E-state index is 13.1. The molecular formula is C15H15ClFN5O2. The second-order valence-electron chi connectivity index (χ2n) is 5.94. The molecule has 4 rings (SSSR count). The molecule has 0 bridgehead atoms. The normalized spacial score (nSPS) is 21.8. The molecule has 0 spiro atoms. The highest BCUT2D eigenvalue weighted by molar-refractivity contribution is 6.33. The number of likely N-dealkylation sites (tertiary alicyclic amines) is 1. The molecular weight excluding hydrogens is 337 g/mol. The summed E-state index contributed by atoms with van der Waals surface area (Å²) in [4.78, 5) is 18.4. The van der Waals surface area contributed by atoms with Crippen molar-refractivity contribution < 1.29 is 13.7 Å². The Morgan fingerprint density at radius 3 is 2.88 bits per heavy atom. The molecule has 1 amide bonds. The highest BCUT2D eigenvalue weighted by Gasteiger charge is 2.38. The average Bonchev–Trinajstić information content (AvgIpc) is 3.26. The van der Waals surface area contributed by atoms with Gasteiger partial charge in [0.2, 0.25) is 17.6 Å². The molecule has 1 aromatic carbocycles. The van der Waals surface area contributed by atoms with Crippen molar-refractivity contribution in [2.45, 2.75) is 18.4 Å². The summed E-state index contributed by atoms with van der Waals surface area (Å²) < 4.78 is 18.5. The Bertz CT molecular complexity index is 777. The largest absolute Gasteiger partial charge is 0.339 e. The number of halogens is 2. The van der Waals surface area contributed by atoms with Gasteiger partial charge in [0.05, 0.1) is 17.0 Å². The van der Waals surface area contributed by atoms with Gasteiger partial charge in [-0.25, -0.2) is 4.39 Å². The number of nitrogens with zero attached hydrogens (tertiary/aromatic N) is 3. The highest BCUT2D eigenvalue weighted by Crippen LogP contribution is 2.32. The summed E-state index contributed by atoms with van der Waals surface area (Å²) in [5.74, 6) is 0.210. The van der Waals surface area contributed by atoms with Gasteiger partial charge in [-0.3, -0.25) is 15.6 Å². The van der Waals surface area contributed by atoms with E-state index in [0.29, 0.717) is 30.2 Å². The molecule has 2 saturated heterocycles. The van der Waals surface area contributed by atoms with Crippen molar-refractivity contribution in [3.8, 4) is 11.4 Å². The zero-order valence-corrected chi connectivity index (χ0v) is 13.4. The van der Waals surface area contributed by atoms with E-state index in [4.69, 9.17) is 16.1 Å².